The second kappa shape index (κ2) is 3.24. The SMILES string of the molecule is C=CN(C)/C(C)=N\C. The van der Waals surface area contributed by atoms with Crippen molar-refractivity contribution >= 4 is 5.84 Å². The lowest BCUT2D eigenvalue weighted by Gasteiger charge is -2.10. The molecular formula is C6H12N2. The Labute approximate surface area is 50.5 Å². The Morgan fingerprint density at radius 1 is 1.75 bits per heavy atom. The average Bonchev–Trinajstić information content (AvgIpc) is 1.84. The average molecular weight is 112 g/mol. The van der Waals surface area contributed by atoms with Crippen LogP contribution in [0.3, 0.4) is 0 Å². The smallest absolute Gasteiger partial charge is 0.0990 e. The van der Waals surface area contributed by atoms with Gasteiger partial charge in [-0.3, -0.25) is 4.99 Å². The maximum atomic E-state index is 3.93. The van der Waals surface area contributed by atoms with Crippen LogP contribution >= 0.6 is 0 Å². The first-order valence-electron chi connectivity index (χ1n) is 2.51. The van der Waals surface area contributed by atoms with Crippen LogP contribution < -0.4 is 0 Å². The fourth-order valence-corrected chi connectivity index (χ4v) is 0.290. The molecule has 0 aromatic carbocycles. The molecule has 0 atom stereocenters. The van der Waals surface area contributed by atoms with Crippen LogP contribution in [0.1, 0.15) is 6.92 Å². The summed E-state index contributed by atoms with van der Waals surface area (Å²) < 4.78 is 0. The second-order valence-electron chi connectivity index (χ2n) is 1.56. The Morgan fingerprint density at radius 3 is 2.38 bits per heavy atom. The first kappa shape index (κ1) is 7.21. The van der Waals surface area contributed by atoms with E-state index in [-0.39, 0.29) is 0 Å². The van der Waals surface area contributed by atoms with Crippen LogP contribution in [0.25, 0.3) is 0 Å². The Kier molecular flexibility index (Phi) is 2.92. The van der Waals surface area contributed by atoms with E-state index in [1.165, 1.54) is 0 Å². The lowest BCUT2D eigenvalue weighted by molar-refractivity contribution is 0.684. The van der Waals surface area contributed by atoms with Crippen molar-refractivity contribution < 1.29 is 0 Å². The predicted molar refractivity (Wildman–Crippen MR) is 37.0 cm³/mol. The molecule has 0 radical (unpaired) electrons. The molecule has 0 saturated heterocycles. The van der Waals surface area contributed by atoms with E-state index in [0.717, 1.165) is 5.84 Å². The second-order valence-corrected chi connectivity index (χ2v) is 1.56. The number of amidine groups is 1. The molecule has 0 saturated carbocycles. The zero-order valence-corrected chi connectivity index (χ0v) is 5.68. The van der Waals surface area contributed by atoms with Gasteiger partial charge in [-0.1, -0.05) is 6.58 Å². The number of aliphatic imine (C=N–C) groups is 1. The summed E-state index contributed by atoms with van der Waals surface area (Å²) in [6, 6.07) is 0. The van der Waals surface area contributed by atoms with Crippen molar-refractivity contribution in [1.29, 1.82) is 0 Å². The Bertz CT molecular complexity index is 105. The van der Waals surface area contributed by atoms with E-state index < -0.39 is 0 Å². The fraction of sp³-hybridized carbons (Fsp3) is 0.500. The van der Waals surface area contributed by atoms with E-state index in [1.54, 1.807) is 13.2 Å². The predicted octanol–water partition coefficient (Wildman–Crippen LogP) is 1.11. The highest BCUT2D eigenvalue weighted by molar-refractivity contribution is 5.80. The van der Waals surface area contributed by atoms with E-state index in [1.807, 2.05) is 18.9 Å². The van der Waals surface area contributed by atoms with Crippen molar-refractivity contribution in [3.8, 4) is 0 Å². The molecule has 0 aromatic heterocycles. The Hall–Kier alpha value is -0.790. The van der Waals surface area contributed by atoms with Crippen LogP contribution in [0.4, 0.5) is 0 Å². The molecular weight excluding hydrogens is 100 g/mol. The van der Waals surface area contributed by atoms with Crippen molar-refractivity contribution in [2.24, 2.45) is 4.99 Å². The summed E-state index contributed by atoms with van der Waals surface area (Å²) in [5.41, 5.74) is 0. The fourth-order valence-electron chi connectivity index (χ4n) is 0.290. The summed E-state index contributed by atoms with van der Waals surface area (Å²) >= 11 is 0. The van der Waals surface area contributed by atoms with Gasteiger partial charge in [0.1, 0.15) is 0 Å². The summed E-state index contributed by atoms with van der Waals surface area (Å²) in [4.78, 5) is 5.79. The molecule has 0 spiro atoms. The van der Waals surface area contributed by atoms with E-state index in [2.05, 4.69) is 11.6 Å². The maximum absolute atomic E-state index is 3.93. The van der Waals surface area contributed by atoms with Gasteiger partial charge in [0.2, 0.25) is 0 Å². The molecule has 0 bridgehead atoms. The first-order valence-corrected chi connectivity index (χ1v) is 2.51. The molecule has 0 heterocycles. The monoisotopic (exact) mass is 112 g/mol. The van der Waals surface area contributed by atoms with E-state index in [4.69, 9.17) is 0 Å². The Morgan fingerprint density at radius 2 is 2.25 bits per heavy atom. The summed E-state index contributed by atoms with van der Waals surface area (Å²) in [5, 5.41) is 0. The molecule has 2 nitrogen and oxygen atoms in total. The molecule has 0 aliphatic rings. The molecule has 0 aliphatic heterocycles. The summed E-state index contributed by atoms with van der Waals surface area (Å²) in [6.45, 7) is 5.51. The van der Waals surface area contributed by atoms with E-state index in [9.17, 15) is 0 Å². The molecule has 0 N–H and O–H groups in total. The van der Waals surface area contributed by atoms with Crippen LogP contribution in [-0.2, 0) is 0 Å². The molecule has 8 heavy (non-hydrogen) atoms. The lowest BCUT2D eigenvalue weighted by Crippen LogP contribution is -2.16. The van der Waals surface area contributed by atoms with Gasteiger partial charge in [0.25, 0.3) is 0 Å². The number of hydrogen-bond acceptors (Lipinski definition) is 1. The van der Waals surface area contributed by atoms with Gasteiger partial charge in [-0.05, 0) is 13.1 Å². The standard InChI is InChI=1S/C6H12N2/c1-5-8(4)6(2)7-3/h5H,1H2,2-4H3/b7-6-. The van der Waals surface area contributed by atoms with Crippen LogP contribution in [0.2, 0.25) is 0 Å². The third-order valence-electron chi connectivity index (χ3n) is 1.11. The molecule has 2 heteroatoms. The van der Waals surface area contributed by atoms with Crippen molar-refractivity contribution in [1.82, 2.24) is 4.90 Å². The van der Waals surface area contributed by atoms with Gasteiger partial charge < -0.3 is 4.90 Å². The zero-order chi connectivity index (χ0) is 6.57. The molecule has 0 aromatic rings. The van der Waals surface area contributed by atoms with Crippen molar-refractivity contribution in [3.63, 3.8) is 0 Å². The van der Waals surface area contributed by atoms with Crippen molar-refractivity contribution in [2.75, 3.05) is 14.1 Å². The highest BCUT2D eigenvalue weighted by atomic mass is 15.1. The molecule has 0 fully saturated rings. The van der Waals surface area contributed by atoms with Gasteiger partial charge in [0, 0.05) is 14.1 Å². The lowest BCUT2D eigenvalue weighted by atomic mass is 10.6. The molecule has 0 amide bonds. The minimum Gasteiger partial charge on any atom is -0.341 e. The zero-order valence-electron chi connectivity index (χ0n) is 5.68. The maximum Gasteiger partial charge on any atom is 0.0990 e. The minimum absolute atomic E-state index is 0.972. The first-order chi connectivity index (χ1) is 3.72. The van der Waals surface area contributed by atoms with Gasteiger partial charge in [0.05, 0.1) is 5.84 Å². The van der Waals surface area contributed by atoms with Crippen LogP contribution in [0.15, 0.2) is 17.8 Å². The van der Waals surface area contributed by atoms with Crippen LogP contribution in [0.5, 0.6) is 0 Å². The Balaban J connectivity index is 3.81. The van der Waals surface area contributed by atoms with Crippen LogP contribution in [-0.4, -0.2) is 24.8 Å². The number of rotatable bonds is 1. The largest absolute Gasteiger partial charge is 0.341 e. The van der Waals surface area contributed by atoms with Gasteiger partial charge in [-0.2, -0.15) is 0 Å². The van der Waals surface area contributed by atoms with Crippen molar-refractivity contribution in [3.05, 3.63) is 12.8 Å². The third kappa shape index (κ3) is 1.78. The summed E-state index contributed by atoms with van der Waals surface area (Å²) in [5.74, 6) is 0.972. The van der Waals surface area contributed by atoms with Crippen LogP contribution in [0, 0.1) is 0 Å². The van der Waals surface area contributed by atoms with Gasteiger partial charge in [-0.25, -0.2) is 0 Å². The van der Waals surface area contributed by atoms with Gasteiger partial charge in [-0.15, -0.1) is 0 Å². The highest BCUT2D eigenvalue weighted by Crippen LogP contribution is 1.83. The normalized spacial score (nSPS) is 11.1. The number of hydrogen-bond donors (Lipinski definition) is 0. The summed E-state index contributed by atoms with van der Waals surface area (Å²) in [7, 11) is 3.67. The van der Waals surface area contributed by atoms with Crippen molar-refractivity contribution in [2.45, 2.75) is 6.92 Å². The summed E-state index contributed by atoms with van der Waals surface area (Å²) in [6.07, 6.45) is 1.72. The van der Waals surface area contributed by atoms with E-state index >= 15 is 0 Å². The minimum atomic E-state index is 0.972. The molecule has 0 aliphatic carbocycles. The van der Waals surface area contributed by atoms with Gasteiger partial charge >= 0.3 is 0 Å². The van der Waals surface area contributed by atoms with Gasteiger partial charge in [0.15, 0.2) is 0 Å². The molecule has 0 rings (SSSR count). The highest BCUT2D eigenvalue weighted by Gasteiger charge is 1.88. The third-order valence-corrected chi connectivity index (χ3v) is 1.11. The topological polar surface area (TPSA) is 15.6 Å². The quantitative estimate of drug-likeness (QED) is 0.366. The number of nitrogens with zero attached hydrogens (tertiary/aromatic N) is 2. The van der Waals surface area contributed by atoms with E-state index in [0.29, 0.717) is 0 Å². The molecule has 46 valence electrons. The molecule has 0 unspecified atom stereocenters.